The van der Waals surface area contributed by atoms with Gasteiger partial charge in [0.2, 0.25) is 11.8 Å². The average molecular weight is 461 g/mol. The number of benzene rings is 3. The second-order valence-corrected chi connectivity index (χ2v) is 8.52. The molecule has 8 nitrogen and oxygen atoms in total. The number of amides is 2. The van der Waals surface area contributed by atoms with Gasteiger partial charge in [-0.25, -0.2) is 4.99 Å². The largest absolute Gasteiger partial charge is 0.326 e. The van der Waals surface area contributed by atoms with Crippen LogP contribution in [0.1, 0.15) is 12.0 Å². The maximum Gasteiger partial charge on any atom is 0.271 e. The quantitative estimate of drug-likeness (QED) is 0.409. The van der Waals surface area contributed by atoms with E-state index < -0.39 is 16.1 Å². The Labute approximate surface area is 194 Å². The Morgan fingerprint density at radius 3 is 2.42 bits per heavy atom. The van der Waals surface area contributed by atoms with E-state index in [1.165, 1.54) is 28.8 Å². The molecule has 33 heavy (non-hydrogen) atoms. The highest BCUT2D eigenvalue weighted by Gasteiger charge is 2.40. The van der Waals surface area contributed by atoms with E-state index in [0.717, 1.165) is 0 Å². The summed E-state index contributed by atoms with van der Waals surface area (Å²) in [5.74, 6) is -0.648. The van der Waals surface area contributed by atoms with Crippen molar-refractivity contribution >= 4 is 51.5 Å². The Hall–Kier alpha value is -3.98. The monoisotopic (exact) mass is 460 g/mol. The number of aryl methyl sites for hydroxylation is 1. The molecule has 3 aromatic rings. The summed E-state index contributed by atoms with van der Waals surface area (Å²) in [4.78, 5) is 42.7. The van der Waals surface area contributed by atoms with Crippen LogP contribution in [-0.2, 0) is 9.59 Å². The second-order valence-electron chi connectivity index (χ2n) is 7.35. The molecule has 1 heterocycles. The van der Waals surface area contributed by atoms with E-state index >= 15 is 0 Å². The van der Waals surface area contributed by atoms with Gasteiger partial charge in [0.05, 0.1) is 22.0 Å². The second kappa shape index (κ2) is 9.66. The fourth-order valence-corrected chi connectivity index (χ4v) is 4.48. The third-order valence-corrected chi connectivity index (χ3v) is 6.14. The van der Waals surface area contributed by atoms with Crippen molar-refractivity contribution in [1.82, 2.24) is 0 Å². The summed E-state index contributed by atoms with van der Waals surface area (Å²) in [6.45, 7) is 1.75. The van der Waals surface area contributed by atoms with Crippen LogP contribution in [0.25, 0.3) is 0 Å². The lowest BCUT2D eigenvalue weighted by Gasteiger charge is -2.16. The number of nitro groups is 1. The molecule has 1 aliphatic heterocycles. The Morgan fingerprint density at radius 2 is 1.76 bits per heavy atom. The van der Waals surface area contributed by atoms with Crippen molar-refractivity contribution in [2.45, 2.75) is 18.6 Å². The van der Waals surface area contributed by atoms with Crippen molar-refractivity contribution in [2.24, 2.45) is 4.99 Å². The van der Waals surface area contributed by atoms with E-state index in [1.54, 1.807) is 13.0 Å². The molecule has 1 atom stereocenters. The smallest absolute Gasteiger partial charge is 0.271 e. The van der Waals surface area contributed by atoms with Crippen LogP contribution >= 0.6 is 11.8 Å². The van der Waals surface area contributed by atoms with Crippen LogP contribution in [0.5, 0.6) is 0 Å². The minimum Gasteiger partial charge on any atom is -0.326 e. The highest BCUT2D eigenvalue weighted by atomic mass is 32.2. The number of nitrogens with zero attached hydrogens (tertiary/aromatic N) is 3. The van der Waals surface area contributed by atoms with Crippen LogP contribution in [0.2, 0.25) is 0 Å². The van der Waals surface area contributed by atoms with Gasteiger partial charge in [-0.15, -0.1) is 0 Å². The van der Waals surface area contributed by atoms with Gasteiger partial charge in [-0.3, -0.25) is 24.6 Å². The molecule has 0 radical (unpaired) electrons. The average Bonchev–Trinajstić information content (AvgIpc) is 3.10. The van der Waals surface area contributed by atoms with Crippen LogP contribution in [-0.4, -0.2) is 27.2 Å². The number of hydrogen-bond acceptors (Lipinski definition) is 6. The summed E-state index contributed by atoms with van der Waals surface area (Å²) in [6.07, 6.45) is -0.0945. The van der Waals surface area contributed by atoms with E-state index in [4.69, 9.17) is 0 Å². The zero-order chi connectivity index (χ0) is 23.4. The van der Waals surface area contributed by atoms with E-state index in [0.29, 0.717) is 27.8 Å². The van der Waals surface area contributed by atoms with E-state index in [-0.39, 0.29) is 18.0 Å². The number of carbonyl (C=O) groups excluding carboxylic acids is 2. The van der Waals surface area contributed by atoms with Gasteiger partial charge in [-0.1, -0.05) is 54.2 Å². The first-order valence-electron chi connectivity index (χ1n) is 10.2. The maximum absolute atomic E-state index is 13.3. The predicted molar refractivity (Wildman–Crippen MR) is 130 cm³/mol. The number of anilines is 2. The van der Waals surface area contributed by atoms with Crippen molar-refractivity contribution in [3.05, 3.63) is 94.5 Å². The minimum atomic E-state index is -0.674. The third kappa shape index (κ3) is 5.09. The molecule has 9 heteroatoms. The molecule has 0 unspecified atom stereocenters. The third-order valence-electron chi connectivity index (χ3n) is 5.01. The predicted octanol–water partition coefficient (Wildman–Crippen LogP) is 5.07. The minimum absolute atomic E-state index is 0.0945. The van der Waals surface area contributed by atoms with Gasteiger partial charge >= 0.3 is 0 Å². The summed E-state index contributed by atoms with van der Waals surface area (Å²) in [7, 11) is 0. The molecule has 0 bridgehead atoms. The van der Waals surface area contributed by atoms with Crippen molar-refractivity contribution in [2.75, 3.05) is 10.2 Å². The maximum atomic E-state index is 13.3. The van der Waals surface area contributed by atoms with Crippen LogP contribution in [0, 0.1) is 17.0 Å². The normalized spacial score (nSPS) is 16.8. The summed E-state index contributed by atoms with van der Waals surface area (Å²) < 4.78 is 0. The molecular formula is C24H20N4O4S. The van der Waals surface area contributed by atoms with Gasteiger partial charge in [0.1, 0.15) is 5.25 Å². The fourth-order valence-electron chi connectivity index (χ4n) is 3.33. The molecule has 1 saturated heterocycles. The standard InChI is InChI=1S/C24H20N4O4S/c1-16-12-13-19(28(31)32)14-20(16)26-22(29)15-21-23(30)27(18-10-6-3-7-11-18)24(33-21)25-17-8-4-2-5-9-17/h2-14,21H,15H2,1H3,(H,26,29)/t21-/m0/s1. The number of aliphatic imine (C=N–C) groups is 1. The topological polar surface area (TPSA) is 105 Å². The number of amidine groups is 1. The van der Waals surface area contributed by atoms with Gasteiger partial charge in [0.15, 0.2) is 5.17 Å². The number of carbonyl (C=O) groups is 2. The SMILES string of the molecule is Cc1ccc([N+](=O)[O-])cc1NC(=O)C[C@@H]1SC(=Nc2ccccc2)N(c2ccccc2)C1=O. The number of nitrogens with one attached hydrogen (secondary N) is 1. The number of para-hydroxylation sites is 2. The summed E-state index contributed by atoms with van der Waals surface area (Å²) in [5, 5.41) is 13.6. The Balaban J connectivity index is 1.56. The van der Waals surface area contributed by atoms with Gasteiger partial charge in [-0.2, -0.15) is 0 Å². The molecule has 166 valence electrons. The lowest BCUT2D eigenvalue weighted by molar-refractivity contribution is -0.384. The highest BCUT2D eigenvalue weighted by molar-refractivity contribution is 8.16. The van der Waals surface area contributed by atoms with E-state index in [1.807, 2.05) is 60.7 Å². The highest BCUT2D eigenvalue weighted by Crippen LogP contribution is 2.35. The summed E-state index contributed by atoms with van der Waals surface area (Å²) in [5.41, 5.74) is 2.29. The zero-order valence-electron chi connectivity index (χ0n) is 17.7. The summed E-state index contributed by atoms with van der Waals surface area (Å²) >= 11 is 1.22. The molecule has 4 rings (SSSR count). The van der Waals surface area contributed by atoms with Crippen molar-refractivity contribution in [3.63, 3.8) is 0 Å². The van der Waals surface area contributed by atoms with Gasteiger partial charge in [0, 0.05) is 18.6 Å². The van der Waals surface area contributed by atoms with Crippen LogP contribution < -0.4 is 10.2 Å². The molecule has 1 fully saturated rings. The Bertz CT molecular complexity index is 1230. The fraction of sp³-hybridized carbons (Fsp3) is 0.125. The first-order chi connectivity index (χ1) is 15.9. The van der Waals surface area contributed by atoms with Crippen molar-refractivity contribution in [3.8, 4) is 0 Å². The van der Waals surface area contributed by atoms with Crippen molar-refractivity contribution in [1.29, 1.82) is 0 Å². The number of nitro benzene ring substituents is 1. The molecule has 0 aromatic heterocycles. The molecule has 3 aromatic carbocycles. The number of hydrogen-bond donors (Lipinski definition) is 1. The van der Waals surface area contributed by atoms with E-state index in [2.05, 4.69) is 10.3 Å². The molecule has 1 aliphatic rings. The molecule has 0 spiro atoms. The Morgan fingerprint density at radius 1 is 1.09 bits per heavy atom. The molecular weight excluding hydrogens is 440 g/mol. The van der Waals surface area contributed by atoms with E-state index in [9.17, 15) is 19.7 Å². The molecule has 0 saturated carbocycles. The van der Waals surface area contributed by atoms with Gasteiger partial charge in [0.25, 0.3) is 5.69 Å². The lowest BCUT2D eigenvalue weighted by atomic mass is 10.1. The molecule has 2 amide bonds. The summed E-state index contributed by atoms with van der Waals surface area (Å²) in [6, 6.07) is 22.7. The number of rotatable bonds is 6. The molecule has 0 aliphatic carbocycles. The Kier molecular flexibility index (Phi) is 6.50. The van der Waals surface area contributed by atoms with Crippen molar-refractivity contribution < 1.29 is 14.5 Å². The van der Waals surface area contributed by atoms with Gasteiger partial charge in [-0.05, 0) is 36.8 Å². The van der Waals surface area contributed by atoms with Crippen LogP contribution in [0.3, 0.4) is 0 Å². The lowest BCUT2D eigenvalue weighted by Crippen LogP contribution is -2.33. The van der Waals surface area contributed by atoms with Gasteiger partial charge < -0.3 is 5.32 Å². The first kappa shape index (κ1) is 22.2. The molecule has 1 N–H and O–H groups in total. The zero-order valence-corrected chi connectivity index (χ0v) is 18.5. The number of non-ortho nitro benzene ring substituents is 1. The first-order valence-corrected chi connectivity index (χ1v) is 11.0. The van der Waals surface area contributed by atoms with Crippen LogP contribution in [0.4, 0.5) is 22.7 Å². The number of thioether (sulfide) groups is 1. The van der Waals surface area contributed by atoms with Crippen LogP contribution in [0.15, 0.2) is 83.9 Å².